The summed E-state index contributed by atoms with van der Waals surface area (Å²) >= 11 is 0. The van der Waals surface area contributed by atoms with E-state index in [2.05, 4.69) is 0 Å². The van der Waals surface area contributed by atoms with Crippen molar-refractivity contribution in [3.8, 4) is 0 Å². The summed E-state index contributed by atoms with van der Waals surface area (Å²) in [7, 11) is 0. The molecule has 0 bridgehead atoms. The monoisotopic (exact) mass is 132 g/mol. The summed E-state index contributed by atoms with van der Waals surface area (Å²) in [6.07, 6.45) is 0.0321. The molecule has 0 aromatic rings. The van der Waals surface area contributed by atoms with Gasteiger partial charge in [-0.15, -0.1) is 0 Å². The van der Waals surface area contributed by atoms with Crippen LogP contribution >= 0.6 is 0 Å². The zero-order valence-electron chi connectivity index (χ0n) is 5.54. The SMILES string of the molecule is C[C@@H]1COC[C@H](CO)O1. The van der Waals surface area contributed by atoms with Gasteiger partial charge in [0.25, 0.3) is 0 Å². The van der Waals surface area contributed by atoms with Crippen molar-refractivity contribution in [1.82, 2.24) is 0 Å². The first-order valence-corrected chi connectivity index (χ1v) is 3.17. The highest BCUT2D eigenvalue weighted by Crippen LogP contribution is 2.05. The lowest BCUT2D eigenvalue weighted by molar-refractivity contribution is -0.143. The van der Waals surface area contributed by atoms with Crippen molar-refractivity contribution in [3.05, 3.63) is 0 Å². The van der Waals surface area contributed by atoms with Gasteiger partial charge in [-0.3, -0.25) is 0 Å². The Hall–Kier alpha value is -0.120. The van der Waals surface area contributed by atoms with Crippen LogP contribution in [-0.4, -0.2) is 37.1 Å². The van der Waals surface area contributed by atoms with Gasteiger partial charge in [-0.05, 0) is 6.92 Å². The van der Waals surface area contributed by atoms with Crippen LogP contribution in [0.1, 0.15) is 6.92 Å². The molecular weight excluding hydrogens is 120 g/mol. The second-order valence-corrected chi connectivity index (χ2v) is 2.29. The number of hydrogen-bond acceptors (Lipinski definition) is 3. The minimum absolute atomic E-state index is 0.0599. The summed E-state index contributed by atoms with van der Waals surface area (Å²) in [5, 5.41) is 8.60. The van der Waals surface area contributed by atoms with E-state index in [4.69, 9.17) is 14.6 Å². The fraction of sp³-hybridized carbons (Fsp3) is 1.00. The second-order valence-electron chi connectivity index (χ2n) is 2.29. The third kappa shape index (κ3) is 1.93. The van der Waals surface area contributed by atoms with E-state index in [1.165, 1.54) is 0 Å². The molecule has 2 atom stereocenters. The first-order valence-electron chi connectivity index (χ1n) is 3.17. The Morgan fingerprint density at radius 1 is 1.56 bits per heavy atom. The van der Waals surface area contributed by atoms with Crippen molar-refractivity contribution < 1.29 is 14.6 Å². The third-order valence-corrected chi connectivity index (χ3v) is 1.28. The molecule has 1 heterocycles. The molecule has 0 aromatic heterocycles. The molecule has 0 spiro atoms. The van der Waals surface area contributed by atoms with Gasteiger partial charge in [-0.2, -0.15) is 0 Å². The van der Waals surface area contributed by atoms with E-state index in [0.29, 0.717) is 13.2 Å². The third-order valence-electron chi connectivity index (χ3n) is 1.28. The lowest BCUT2D eigenvalue weighted by Gasteiger charge is -2.26. The Morgan fingerprint density at radius 2 is 2.33 bits per heavy atom. The Bertz CT molecular complexity index is 84.4. The maximum absolute atomic E-state index is 8.60. The van der Waals surface area contributed by atoms with Crippen LogP contribution < -0.4 is 0 Å². The van der Waals surface area contributed by atoms with Gasteiger partial charge in [0.15, 0.2) is 0 Å². The average Bonchev–Trinajstić information content (AvgIpc) is 1.88. The van der Waals surface area contributed by atoms with Crippen molar-refractivity contribution >= 4 is 0 Å². The quantitative estimate of drug-likeness (QED) is 0.536. The molecular formula is C6H12O3. The highest BCUT2D eigenvalue weighted by Gasteiger charge is 2.17. The number of hydrogen-bond donors (Lipinski definition) is 1. The maximum Gasteiger partial charge on any atom is 0.104 e. The van der Waals surface area contributed by atoms with Crippen LogP contribution in [0.2, 0.25) is 0 Å². The normalized spacial score (nSPS) is 36.7. The van der Waals surface area contributed by atoms with E-state index < -0.39 is 0 Å². The number of aliphatic hydroxyl groups is 1. The second kappa shape index (κ2) is 3.15. The topological polar surface area (TPSA) is 38.7 Å². The summed E-state index contributed by atoms with van der Waals surface area (Å²) in [5.74, 6) is 0. The highest BCUT2D eigenvalue weighted by molar-refractivity contribution is 4.62. The molecule has 1 fully saturated rings. The Balaban J connectivity index is 2.23. The van der Waals surface area contributed by atoms with E-state index in [1.807, 2.05) is 6.92 Å². The summed E-state index contributed by atoms with van der Waals surface area (Å²) in [4.78, 5) is 0. The van der Waals surface area contributed by atoms with Crippen LogP contribution in [0.4, 0.5) is 0 Å². The maximum atomic E-state index is 8.60. The van der Waals surface area contributed by atoms with Gasteiger partial charge in [0, 0.05) is 0 Å². The van der Waals surface area contributed by atoms with E-state index in [0.717, 1.165) is 0 Å². The predicted octanol–water partition coefficient (Wildman–Crippen LogP) is -0.217. The van der Waals surface area contributed by atoms with E-state index in [9.17, 15) is 0 Å². The van der Waals surface area contributed by atoms with Gasteiger partial charge in [0.1, 0.15) is 6.10 Å². The molecule has 1 aliphatic heterocycles. The fourth-order valence-electron chi connectivity index (χ4n) is 0.868. The molecule has 9 heavy (non-hydrogen) atoms. The molecule has 0 aromatic carbocycles. The highest BCUT2D eigenvalue weighted by atomic mass is 16.6. The minimum atomic E-state index is -0.103. The van der Waals surface area contributed by atoms with E-state index >= 15 is 0 Å². The number of rotatable bonds is 1. The standard InChI is InChI=1S/C6H12O3/c1-5-3-8-4-6(2-7)9-5/h5-7H,2-4H2,1H3/t5-,6+/m1/s1. The average molecular weight is 132 g/mol. The first kappa shape index (κ1) is 6.99. The zero-order chi connectivity index (χ0) is 6.69. The lowest BCUT2D eigenvalue weighted by atomic mass is 10.3. The number of aliphatic hydroxyl groups excluding tert-OH is 1. The van der Waals surface area contributed by atoms with Crippen LogP contribution in [-0.2, 0) is 9.47 Å². The Kier molecular flexibility index (Phi) is 2.45. The van der Waals surface area contributed by atoms with Gasteiger partial charge in [0.05, 0.1) is 25.9 Å². The summed E-state index contributed by atoms with van der Waals surface area (Å²) in [6.45, 7) is 3.17. The Morgan fingerprint density at radius 3 is 2.78 bits per heavy atom. The molecule has 0 unspecified atom stereocenters. The summed E-state index contributed by atoms with van der Waals surface area (Å²) in [5.41, 5.74) is 0. The molecule has 54 valence electrons. The lowest BCUT2D eigenvalue weighted by Crippen LogP contribution is -2.36. The predicted molar refractivity (Wildman–Crippen MR) is 32.2 cm³/mol. The van der Waals surface area contributed by atoms with Crippen molar-refractivity contribution in [3.63, 3.8) is 0 Å². The molecule has 1 N–H and O–H groups in total. The molecule has 3 nitrogen and oxygen atoms in total. The van der Waals surface area contributed by atoms with Crippen LogP contribution in [0.15, 0.2) is 0 Å². The van der Waals surface area contributed by atoms with E-state index in [-0.39, 0.29) is 18.8 Å². The van der Waals surface area contributed by atoms with Crippen molar-refractivity contribution in [2.45, 2.75) is 19.1 Å². The molecule has 0 saturated carbocycles. The molecule has 1 aliphatic rings. The van der Waals surface area contributed by atoms with Gasteiger partial charge in [-0.1, -0.05) is 0 Å². The van der Waals surface area contributed by atoms with Crippen molar-refractivity contribution in [2.75, 3.05) is 19.8 Å². The molecule has 0 aliphatic carbocycles. The minimum Gasteiger partial charge on any atom is -0.394 e. The van der Waals surface area contributed by atoms with Crippen molar-refractivity contribution in [1.29, 1.82) is 0 Å². The van der Waals surface area contributed by atoms with Crippen LogP contribution in [0.25, 0.3) is 0 Å². The zero-order valence-corrected chi connectivity index (χ0v) is 5.54. The van der Waals surface area contributed by atoms with Gasteiger partial charge in [-0.25, -0.2) is 0 Å². The molecule has 1 rings (SSSR count). The fourth-order valence-corrected chi connectivity index (χ4v) is 0.868. The van der Waals surface area contributed by atoms with Gasteiger partial charge in [0.2, 0.25) is 0 Å². The summed E-state index contributed by atoms with van der Waals surface area (Å²) in [6, 6.07) is 0. The molecule has 3 heteroatoms. The molecule has 1 saturated heterocycles. The smallest absolute Gasteiger partial charge is 0.104 e. The van der Waals surface area contributed by atoms with Gasteiger partial charge < -0.3 is 14.6 Å². The largest absolute Gasteiger partial charge is 0.394 e. The molecule has 0 amide bonds. The van der Waals surface area contributed by atoms with Crippen LogP contribution in [0, 0.1) is 0 Å². The Labute approximate surface area is 54.6 Å². The molecule has 0 radical (unpaired) electrons. The van der Waals surface area contributed by atoms with Crippen molar-refractivity contribution in [2.24, 2.45) is 0 Å². The van der Waals surface area contributed by atoms with Gasteiger partial charge >= 0.3 is 0 Å². The summed E-state index contributed by atoms with van der Waals surface area (Å²) < 4.78 is 10.4. The van der Waals surface area contributed by atoms with E-state index in [1.54, 1.807) is 0 Å². The van der Waals surface area contributed by atoms with Crippen LogP contribution in [0.5, 0.6) is 0 Å². The van der Waals surface area contributed by atoms with Crippen LogP contribution in [0.3, 0.4) is 0 Å². The first-order chi connectivity index (χ1) is 4.33. The number of ether oxygens (including phenoxy) is 2.